The molecule has 1 aliphatic rings. The smallest absolute Gasteiger partial charge is 0.406 e. The molecule has 7 heteroatoms. The molecule has 1 N–H and O–H groups in total. The zero-order valence-electron chi connectivity index (χ0n) is 17.8. The molecule has 0 saturated carbocycles. The minimum absolute atomic E-state index is 0.0661. The van der Waals surface area contributed by atoms with Crippen LogP contribution in [0.2, 0.25) is 0 Å². The summed E-state index contributed by atoms with van der Waals surface area (Å²) >= 11 is 0. The number of nitrogens with one attached hydrogen (secondary N) is 1. The zero-order valence-corrected chi connectivity index (χ0v) is 17.8. The summed E-state index contributed by atoms with van der Waals surface area (Å²) in [6.07, 6.45) is -4.73. The van der Waals surface area contributed by atoms with Crippen LogP contribution in [-0.4, -0.2) is 24.2 Å². The Kier molecular flexibility index (Phi) is 5.93. The number of alkyl halides is 3. The van der Waals surface area contributed by atoms with E-state index in [0.29, 0.717) is 18.7 Å². The number of nitrogens with zero attached hydrogens (tertiary/aromatic N) is 1. The Balaban J connectivity index is 1.53. The lowest BCUT2D eigenvalue weighted by Gasteiger charge is -2.16. The topological polar surface area (TPSA) is 41.6 Å². The van der Waals surface area contributed by atoms with E-state index in [1.54, 1.807) is 17.0 Å². The number of benzene rings is 3. The van der Waals surface area contributed by atoms with Crippen molar-refractivity contribution in [2.75, 3.05) is 7.05 Å². The van der Waals surface area contributed by atoms with Crippen LogP contribution in [0.15, 0.2) is 60.7 Å². The van der Waals surface area contributed by atoms with Crippen molar-refractivity contribution in [2.24, 2.45) is 0 Å². The number of hydrogen-bond donors (Lipinski definition) is 1. The molecule has 3 aromatic carbocycles. The molecular weight excluding hydrogens is 417 g/mol. The number of rotatable bonds is 6. The van der Waals surface area contributed by atoms with Crippen molar-refractivity contribution >= 4 is 5.91 Å². The van der Waals surface area contributed by atoms with Gasteiger partial charge in [0.15, 0.2) is 0 Å². The van der Waals surface area contributed by atoms with E-state index in [2.05, 4.69) is 34.3 Å². The second-order valence-corrected chi connectivity index (χ2v) is 7.91. The van der Waals surface area contributed by atoms with Crippen LogP contribution >= 0.6 is 0 Å². The summed E-state index contributed by atoms with van der Waals surface area (Å²) in [7, 11) is 1.91. The Bertz CT molecular complexity index is 1140. The van der Waals surface area contributed by atoms with Gasteiger partial charge >= 0.3 is 6.36 Å². The molecule has 166 valence electrons. The molecule has 0 unspecified atom stereocenters. The van der Waals surface area contributed by atoms with Crippen LogP contribution < -0.4 is 10.1 Å². The third-order valence-corrected chi connectivity index (χ3v) is 5.45. The number of hydrogen-bond acceptors (Lipinski definition) is 3. The highest BCUT2D eigenvalue weighted by Crippen LogP contribution is 2.33. The monoisotopic (exact) mass is 440 g/mol. The molecule has 0 bridgehead atoms. The molecule has 0 radical (unpaired) electrons. The molecule has 4 rings (SSSR count). The first-order valence-electron chi connectivity index (χ1n) is 10.2. The van der Waals surface area contributed by atoms with E-state index in [1.807, 2.05) is 26.1 Å². The number of aryl methyl sites for hydroxylation is 1. The molecule has 0 fully saturated rings. The fraction of sp³-hybridized carbons (Fsp3) is 0.240. The van der Waals surface area contributed by atoms with Crippen molar-refractivity contribution in [1.29, 1.82) is 0 Å². The summed E-state index contributed by atoms with van der Waals surface area (Å²) in [6.45, 7) is 3.48. The SMILES string of the molecule is CNCc1cccc(-c2cc(C)c3c(c2)CN(Cc2ccc(OC(F)(F)F)cc2)C3=O)c1. The summed E-state index contributed by atoms with van der Waals surface area (Å²) in [6, 6.07) is 18.0. The lowest BCUT2D eigenvalue weighted by molar-refractivity contribution is -0.274. The van der Waals surface area contributed by atoms with Crippen molar-refractivity contribution in [1.82, 2.24) is 10.2 Å². The minimum Gasteiger partial charge on any atom is -0.406 e. The Morgan fingerprint density at radius 2 is 1.75 bits per heavy atom. The van der Waals surface area contributed by atoms with Crippen molar-refractivity contribution in [3.05, 3.63) is 88.5 Å². The Morgan fingerprint density at radius 3 is 2.44 bits per heavy atom. The van der Waals surface area contributed by atoms with Crippen LogP contribution in [0.5, 0.6) is 5.75 Å². The first-order chi connectivity index (χ1) is 15.2. The van der Waals surface area contributed by atoms with Crippen molar-refractivity contribution in [3.63, 3.8) is 0 Å². The summed E-state index contributed by atoms with van der Waals surface area (Å²) in [5.74, 6) is -0.345. The van der Waals surface area contributed by atoms with Crippen LogP contribution in [0.1, 0.15) is 32.6 Å². The lowest BCUT2D eigenvalue weighted by atomic mass is 9.95. The molecule has 0 aliphatic carbocycles. The zero-order chi connectivity index (χ0) is 22.9. The van der Waals surface area contributed by atoms with E-state index in [0.717, 1.165) is 34.4 Å². The first-order valence-corrected chi connectivity index (χ1v) is 10.2. The maximum Gasteiger partial charge on any atom is 0.573 e. The highest BCUT2D eigenvalue weighted by Gasteiger charge is 2.31. The molecule has 0 aromatic heterocycles. The second-order valence-electron chi connectivity index (χ2n) is 7.91. The first kappa shape index (κ1) is 21.9. The lowest BCUT2D eigenvalue weighted by Crippen LogP contribution is -2.23. The van der Waals surface area contributed by atoms with Gasteiger partial charge in [0.25, 0.3) is 5.91 Å². The number of carbonyl (C=O) groups is 1. The maximum atomic E-state index is 13.0. The average molecular weight is 440 g/mol. The summed E-state index contributed by atoms with van der Waals surface area (Å²) in [4.78, 5) is 14.7. The van der Waals surface area contributed by atoms with Gasteiger partial charge in [-0.25, -0.2) is 0 Å². The molecule has 1 heterocycles. The summed E-state index contributed by atoms with van der Waals surface area (Å²) in [5, 5.41) is 3.15. The van der Waals surface area contributed by atoms with Crippen molar-refractivity contribution in [2.45, 2.75) is 32.9 Å². The normalized spacial score (nSPS) is 13.4. The van der Waals surface area contributed by atoms with E-state index in [1.165, 1.54) is 17.7 Å². The molecule has 0 spiro atoms. The molecule has 0 atom stereocenters. The van der Waals surface area contributed by atoms with Gasteiger partial charge in [-0.2, -0.15) is 0 Å². The van der Waals surface area contributed by atoms with E-state index in [9.17, 15) is 18.0 Å². The number of amides is 1. The van der Waals surface area contributed by atoms with Gasteiger partial charge in [0.05, 0.1) is 0 Å². The highest BCUT2D eigenvalue weighted by atomic mass is 19.4. The van der Waals surface area contributed by atoms with Gasteiger partial charge in [0.2, 0.25) is 0 Å². The van der Waals surface area contributed by atoms with Gasteiger partial charge in [-0.15, -0.1) is 13.2 Å². The van der Waals surface area contributed by atoms with Crippen molar-refractivity contribution < 1.29 is 22.7 Å². The minimum atomic E-state index is -4.73. The van der Waals surface area contributed by atoms with Gasteiger partial charge in [0, 0.05) is 25.2 Å². The van der Waals surface area contributed by atoms with Gasteiger partial charge in [-0.3, -0.25) is 4.79 Å². The molecule has 0 saturated heterocycles. The van der Waals surface area contributed by atoms with Crippen LogP contribution in [-0.2, 0) is 19.6 Å². The molecule has 32 heavy (non-hydrogen) atoms. The molecule has 4 nitrogen and oxygen atoms in total. The Morgan fingerprint density at radius 1 is 1.00 bits per heavy atom. The fourth-order valence-electron chi connectivity index (χ4n) is 4.10. The maximum absolute atomic E-state index is 13.0. The Labute approximate surface area is 184 Å². The predicted octanol–water partition coefficient (Wildman–Crippen LogP) is 5.44. The number of halogens is 3. The number of fused-ring (bicyclic) bond motifs is 1. The van der Waals surface area contributed by atoms with E-state index in [4.69, 9.17) is 0 Å². The molecule has 1 aliphatic heterocycles. The molecule has 3 aromatic rings. The quantitative estimate of drug-likeness (QED) is 0.555. The van der Waals surface area contributed by atoms with E-state index in [-0.39, 0.29) is 11.7 Å². The third kappa shape index (κ3) is 4.78. The van der Waals surface area contributed by atoms with Gasteiger partial charge in [-0.1, -0.05) is 36.4 Å². The predicted molar refractivity (Wildman–Crippen MR) is 116 cm³/mol. The Hall–Kier alpha value is -3.32. The number of carbonyl (C=O) groups excluding carboxylic acids is 1. The van der Waals surface area contributed by atoms with Crippen molar-refractivity contribution in [3.8, 4) is 16.9 Å². The number of ether oxygens (including phenoxy) is 1. The van der Waals surface area contributed by atoms with Crippen LogP contribution in [0.4, 0.5) is 13.2 Å². The largest absolute Gasteiger partial charge is 0.573 e. The van der Waals surface area contributed by atoms with Gasteiger partial charge in [-0.05, 0) is 71.6 Å². The van der Waals surface area contributed by atoms with Crippen LogP contribution in [0.25, 0.3) is 11.1 Å². The van der Waals surface area contributed by atoms with Crippen LogP contribution in [0.3, 0.4) is 0 Å². The van der Waals surface area contributed by atoms with E-state index >= 15 is 0 Å². The molecular formula is C25H23F3N2O2. The third-order valence-electron chi connectivity index (χ3n) is 5.45. The second kappa shape index (κ2) is 8.67. The standard InChI is InChI=1S/C25H23F3N2O2/c1-16-10-20(19-5-3-4-18(11-19)13-29-2)12-21-15-30(24(31)23(16)21)14-17-6-8-22(9-7-17)32-25(26,27)28/h3-12,29H,13-15H2,1-2H3. The van der Waals surface area contributed by atoms with E-state index < -0.39 is 6.36 Å². The fourth-order valence-corrected chi connectivity index (χ4v) is 4.10. The summed E-state index contributed by atoms with van der Waals surface area (Å²) in [5.41, 5.74) is 6.64. The highest BCUT2D eigenvalue weighted by molar-refractivity contribution is 6.00. The van der Waals surface area contributed by atoms with Crippen LogP contribution in [0, 0.1) is 6.92 Å². The average Bonchev–Trinajstić information content (AvgIpc) is 3.04. The molecule has 1 amide bonds. The summed E-state index contributed by atoms with van der Waals surface area (Å²) < 4.78 is 41.0. The van der Waals surface area contributed by atoms with Gasteiger partial charge < -0.3 is 15.0 Å². The van der Waals surface area contributed by atoms with Gasteiger partial charge in [0.1, 0.15) is 5.75 Å².